The second kappa shape index (κ2) is 6.43. The van der Waals surface area contributed by atoms with Crippen LogP contribution in [0.15, 0.2) is 24.4 Å². The molecule has 0 radical (unpaired) electrons. The van der Waals surface area contributed by atoms with Crippen LogP contribution in [0, 0.1) is 0 Å². The molecule has 0 unspecified atom stereocenters. The number of aromatic amines is 1. The first-order valence-electron chi connectivity index (χ1n) is 6.70. The molecule has 0 aliphatic carbocycles. The van der Waals surface area contributed by atoms with Gasteiger partial charge in [0.05, 0.1) is 12.7 Å². The van der Waals surface area contributed by atoms with Crippen molar-refractivity contribution in [3.8, 4) is 5.75 Å². The van der Waals surface area contributed by atoms with E-state index in [-0.39, 0.29) is 5.91 Å². The standard InChI is InChI=1S/C15H21N3O2/c1-18(2)8-4-7-16-15(19)13-10-17-14-9-11(20-3)5-6-12(13)14/h5-6,9-10,17H,4,7-8H2,1-3H3,(H,16,19). The minimum atomic E-state index is -0.0415. The van der Waals surface area contributed by atoms with E-state index >= 15 is 0 Å². The van der Waals surface area contributed by atoms with E-state index in [0.717, 1.165) is 29.6 Å². The normalized spacial score (nSPS) is 11.0. The molecule has 0 bridgehead atoms. The van der Waals surface area contributed by atoms with Crippen molar-refractivity contribution >= 4 is 16.8 Å². The second-order valence-corrected chi connectivity index (χ2v) is 5.03. The first-order valence-corrected chi connectivity index (χ1v) is 6.70. The number of ether oxygens (including phenoxy) is 1. The highest BCUT2D eigenvalue weighted by Crippen LogP contribution is 2.23. The number of fused-ring (bicyclic) bond motifs is 1. The number of aromatic nitrogens is 1. The van der Waals surface area contributed by atoms with Crippen LogP contribution in [0.2, 0.25) is 0 Å². The smallest absolute Gasteiger partial charge is 0.253 e. The van der Waals surface area contributed by atoms with Crippen molar-refractivity contribution in [1.82, 2.24) is 15.2 Å². The average Bonchev–Trinajstić information content (AvgIpc) is 2.86. The van der Waals surface area contributed by atoms with Gasteiger partial charge in [0.25, 0.3) is 5.91 Å². The van der Waals surface area contributed by atoms with Crippen LogP contribution >= 0.6 is 0 Å². The number of benzene rings is 1. The Kier molecular flexibility index (Phi) is 4.63. The summed E-state index contributed by atoms with van der Waals surface area (Å²) in [5.74, 6) is 0.734. The van der Waals surface area contributed by atoms with E-state index in [4.69, 9.17) is 4.74 Å². The number of rotatable bonds is 6. The quantitative estimate of drug-likeness (QED) is 0.791. The summed E-state index contributed by atoms with van der Waals surface area (Å²) in [6, 6.07) is 5.65. The predicted molar refractivity (Wildman–Crippen MR) is 80.4 cm³/mol. The van der Waals surface area contributed by atoms with Gasteiger partial charge >= 0.3 is 0 Å². The van der Waals surface area contributed by atoms with Crippen LogP contribution in [0.4, 0.5) is 0 Å². The Hall–Kier alpha value is -2.01. The highest BCUT2D eigenvalue weighted by atomic mass is 16.5. The number of nitrogens with one attached hydrogen (secondary N) is 2. The van der Waals surface area contributed by atoms with E-state index < -0.39 is 0 Å². The van der Waals surface area contributed by atoms with Crippen molar-refractivity contribution in [2.24, 2.45) is 0 Å². The number of hydrogen-bond donors (Lipinski definition) is 2. The molecule has 108 valence electrons. The molecular formula is C15H21N3O2. The predicted octanol–water partition coefficient (Wildman–Crippen LogP) is 1.86. The molecule has 0 aliphatic heterocycles. The molecule has 0 saturated carbocycles. The number of carbonyl (C=O) groups is 1. The fourth-order valence-corrected chi connectivity index (χ4v) is 2.11. The van der Waals surface area contributed by atoms with Crippen molar-refractivity contribution in [3.05, 3.63) is 30.0 Å². The summed E-state index contributed by atoms with van der Waals surface area (Å²) in [4.78, 5) is 17.3. The van der Waals surface area contributed by atoms with Crippen LogP contribution in [0.3, 0.4) is 0 Å². The van der Waals surface area contributed by atoms with E-state index in [1.807, 2.05) is 32.3 Å². The molecule has 2 rings (SSSR count). The molecule has 2 N–H and O–H groups in total. The lowest BCUT2D eigenvalue weighted by Gasteiger charge is -2.09. The van der Waals surface area contributed by atoms with Crippen LogP contribution in [-0.4, -0.2) is 50.1 Å². The third-order valence-corrected chi connectivity index (χ3v) is 3.20. The molecule has 0 aliphatic rings. The van der Waals surface area contributed by atoms with Gasteiger partial charge in [-0.3, -0.25) is 4.79 Å². The van der Waals surface area contributed by atoms with E-state index in [9.17, 15) is 4.79 Å². The molecule has 2 aromatic rings. The Morgan fingerprint density at radius 1 is 1.40 bits per heavy atom. The van der Waals surface area contributed by atoms with Gasteiger partial charge in [-0.25, -0.2) is 0 Å². The maximum atomic E-state index is 12.1. The number of methoxy groups -OCH3 is 1. The highest BCUT2D eigenvalue weighted by molar-refractivity contribution is 6.06. The molecule has 1 aromatic carbocycles. The lowest BCUT2D eigenvalue weighted by Crippen LogP contribution is -2.26. The van der Waals surface area contributed by atoms with Crippen molar-refractivity contribution in [3.63, 3.8) is 0 Å². The lowest BCUT2D eigenvalue weighted by molar-refractivity contribution is 0.0954. The van der Waals surface area contributed by atoms with Crippen LogP contribution < -0.4 is 10.1 Å². The van der Waals surface area contributed by atoms with Crippen LogP contribution in [0.1, 0.15) is 16.8 Å². The fourth-order valence-electron chi connectivity index (χ4n) is 2.11. The highest BCUT2D eigenvalue weighted by Gasteiger charge is 2.11. The number of amides is 1. The number of nitrogens with zero attached hydrogens (tertiary/aromatic N) is 1. The zero-order valence-electron chi connectivity index (χ0n) is 12.2. The summed E-state index contributed by atoms with van der Waals surface area (Å²) < 4.78 is 5.17. The van der Waals surface area contributed by atoms with Crippen LogP contribution in [-0.2, 0) is 0 Å². The van der Waals surface area contributed by atoms with E-state index in [0.29, 0.717) is 12.1 Å². The Labute approximate surface area is 118 Å². The summed E-state index contributed by atoms with van der Waals surface area (Å²) in [5, 5.41) is 3.86. The number of H-pyrrole nitrogens is 1. The molecular weight excluding hydrogens is 254 g/mol. The topological polar surface area (TPSA) is 57.4 Å². The van der Waals surface area contributed by atoms with Crippen molar-refractivity contribution in [1.29, 1.82) is 0 Å². The third-order valence-electron chi connectivity index (χ3n) is 3.20. The summed E-state index contributed by atoms with van der Waals surface area (Å²) in [5.41, 5.74) is 1.58. The summed E-state index contributed by atoms with van der Waals surface area (Å²) >= 11 is 0. The molecule has 5 heteroatoms. The summed E-state index contributed by atoms with van der Waals surface area (Å²) in [6.45, 7) is 1.64. The molecule has 0 saturated heterocycles. The van der Waals surface area contributed by atoms with Gasteiger partial charge in [-0.15, -0.1) is 0 Å². The zero-order valence-corrected chi connectivity index (χ0v) is 12.2. The van der Waals surface area contributed by atoms with Gasteiger partial charge < -0.3 is 19.9 Å². The Morgan fingerprint density at radius 3 is 2.90 bits per heavy atom. The first-order chi connectivity index (χ1) is 9.61. The molecule has 0 atom stereocenters. The van der Waals surface area contributed by atoms with Gasteiger partial charge in [-0.2, -0.15) is 0 Å². The van der Waals surface area contributed by atoms with Gasteiger partial charge in [0.15, 0.2) is 0 Å². The van der Waals surface area contributed by atoms with Crippen molar-refractivity contribution < 1.29 is 9.53 Å². The zero-order chi connectivity index (χ0) is 14.5. The molecule has 1 amide bonds. The molecule has 1 heterocycles. The first kappa shape index (κ1) is 14.4. The summed E-state index contributed by atoms with van der Waals surface area (Å²) in [6.07, 6.45) is 2.68. The number of hydrogen-bond acceptors (Lipinski definition) is 3. The van der Waals surface area contributed by atoms with Gasteiger partial charge in [0.1, 0.15) is 5.75 Å². The molecule has 20 heavy (non-hydrogen) atoms. The van der Waals surface area contributed by atoms with Crippen LogP contribution in [0.25, 0.3) is 10.9 Å². The van der Waals surface area contributed by atoms with Crippen LogP contribution in [0.5, 0.6) is 5.75 Å². The SMILES string of the molecule is COc1ccc2c(C(=O)NCCCN(C)C)c[nH]c2c1. The Bertz CT molecular complexity index is 590. The molecule has 0 spiro atoms. The van der Waals surface area contributed by atoms with E-state index in [1.54, 1.807) is 13.3 Å². The average molecular weight is 275 g/mol. The van der Waals surface area contributed by atoms with E-state index in [1.165, 1.54) is 0 Å². The van der Waals surface area contributed by atoms with Crippen molar-refractivity contribution in [2.45, 2.75) is 6.42 Å². The Morgan fingerprint density at radius 2 is 2.20 bits per heavy atom. The Balaban J connectivity index is 2.03. The second-order valence-electron chi connectivity index (χ2n) is 5.03. The minimum absolute atomic E-state index is 0.0415. The molecule has 1 aromatic heterocycles. The largest absolute Gasteiger partial charge is 0.497 e. The van der Waals surface area contributed by atoms with Gasteiger partial charge in [0, 0.05) is 29.7 Å². The van der Waals surface area contributed by atoms with E-state index in [2.05, 4.69) is 15.2 Å². The minimum Gasteiger partial charge on any atom is -0.497 e. The molecule has 5 nitrogen and oxygen atoms in total. The monoisotopic (exact) mass is 275 g/mol. The van der Waals surface area contributed by atoms with Crippen molar-refractivity contribution in [2.75, 3.05) is 34.3 Å². The van der Waals surface area contributed by atoms with Gasteiger partial charge in [-0.05, 0) is 39.2 Å². The molecule has 0 fully saturated rings. The fraction of sp³-hybridized carbons (Fsp3) is 0.400. The van der Waals surface area contributed by atoms with Gasteiger partial charge in [0.2, 0.25) is 0 Å². The third kappa shape index (κ3) is 3.30. The summed E-state index contributed by atoms with van der Waals surface area (Å²) in [7, 11) is 5.67. The lowest BCUT2D eigenvalue weighted by atomic mass is 10.1. The maximum Gasteiger partial charge on any atom is 0.253 e. The maximum absolute atomic E-state index is 12.1. The number of carbonyl (C=O) groups excluding carboxylic acids is 1. The van der Waals surface area contributed by atoms with Gasteiger partial charge in [-0.1, -0.05) is 0 Å².